The summed E-state index contributed by atoms with van der Waals surface area (Å²) in [5.74, 6) is -0.323. The van der Waals surface area contributed by atoms with Crippen molar-refractivity contribution >= 4 is 46.7 Å². The Morgan fingerprint density at radius 1 is 1.12 bits per heavy atom. The summed E-state index contributed by atoms with van der Waals surface area (Å²) >= 11 is 13.4. The van der Waals surface area contributed by atoms with Crippen molar-refractivity contribution in [3.05, 3.63) is 74.7 Å². The second-order valence-electron chi connectivity index (χ2n) is 5.13. The number of hydrogen-bond acceptors (Lipinski definition) is 4. The molecule has 126 valence electrons. The van der Waals surface area contributed by atoms with Gasteiger partial charge >= 0.3 is 0 Å². The van der Waals surface area contributed by atoms with E-state index in [0.717, 1.165) is 10.6 Å². The van der Waals surface area contributed by atoms with E-state index in [9.17, 15) is 4.79 Å². The maximum Gasteiger partial charge on any atom is 0.283 e. The van der Waals surface area contributed by atoms with Crippen molar-refractivity contribution in [3.63, 3.8) is 0 Å². The van der Waals surface area contributed by atoms with Gasteiger partial charge in [0.05, 0.1) is 22.0 Å². The number of hydrogen-bond donors (Lipinski definition) is 1. The van der Waals surface area contributed by atoms with Gasteiger partial charge in [0.1, 0.15) is 9.88 Å². The minimum Gasteiger partial charge on any atom is -0.266 e. The van der Waals surface area contributed by atoms with Crippen molar-refractivity contribution in [2.45, 2.75) is 6.92 Å². The molecule has 4 nitrogen and oxygen atoms in total. The predicted molar refractivity (Wildman–Crippen MR) is 104 cm³/mol. The third-order valence-electron chi connectivity index (χ3n) is 3.38. The zero-order valence-electron chi connectivity index (χ0n) is 13.2. The SMILES string of the molecule is Cc1nc(-c2ccccc2)sc1C(=O)N/N=C/c1c(Cl)cccc1Cl. The molecule has 0 radical (unpaired) electrons. The number of nitrogens with zero attached hydrogens (tertiary/aromatic N) is 2. The predicted octanol–water partition coefficient (Wildman–Crippen LogP) is 5.19. The molecule has 7 heteroatoms. The largest absolute Gasteiger partial charge is 0.283 e. The summed E-state index contributed by atoms with van der Waals surface area (Å²) < 4.78 is 0. The van der Waals surface area contributed by atoms with Gasteiger partial charge in [-0.05, 0) is 19.1 Å². The maximum absolute atomic E-state index is 12.3. The first-order valence-corrected chi connectivity index (χ1v) is 8.94. The zero-order valence-corrected chi connectivity index (χ0v) is 15.5. The van der Waals surface area contributed by atoms with Gasteiger partial charge in [-0.1, -0.05) is 59.6 Å². The van der Waals surface area contributed by atoms with E-state index in [4.69, 9.17) is 23.2 Å². The quantitative estimate of drug-likeness (QED) is 0.492. The van der Waals surface area contributed by atoms with Crippen LogP contribution in [0.1, 0.15) is 20.9 Å². The second-order valence-corrected chi connectivity index (χ2v) is 6.95. The Morgan fingerprint density at radius 2 is 1.80 bits per heavy atom. The molecule has 0 aliphatic rings. The van der Waals surface area contributed by atoms with Crippen molar-refractivity contribution in [2.24, 2.45) is 5.10 Å². The minimum absolute atomic E-state index is 0.323. The highest BCUT2D eigenvalue weighted by Gasteiger charge is 2.15. The molecule has 25 heavy (non-hydrogen) atoms. The molecule has 0 spiro atoms. The summed E-state index contributed by atoms with van der Waals surface area (Å²) in [6.07, 6.45) is 1.43. The van der Waals surface area contributed by atoms with Crippen molar-refractivity contribution in [2.75, 3.05) is 0 Å². The molecular formula is C18H13Cl2N3OS. The van der Waals surface area contributed by atoms with E-state index in [-0.39, 0.29) is 5.91 Å². The molecule has 1 N–H and O–H groups in total. The Balaban J connectivity index is 1.76. The van der Waals surface area contributed by atoms with Crippen molar-refractivity contribution < 1.29 is 4.79 Å². The number of halogens is 2. The number of rotatable bonds is 4. The molecule has 0 fully saturated rings. The average molecular weight is 390 g/mol. The minimum atomic E-state index is -0.323. The average Bonchev–Trinajstić information content (AvgIpc) is 3.00. The van der Waals surface area contributed by atoms with Crippen LogP contribution < -0.4 is 5.43 Å². The highest BCUT2D eigenvalue weighted by Crippen LogP contribution is 2.27. The number of carbonyl (C=O) groups is 1. The highest BCUT2D eigenvalue weighted by molar-refractivity contribution is 7.17. The number of amides is 1. The Labute approximate surface area is 159 Å². The normalized spacial score (nSPS) is 11.0. The molecule has 1 heterocycles. The van der Waals surface area contributed by atoms with Gasteiger partial charge < -0.3 is 0 Å². The van der Waals surface area contributed by atoms with Crippen LogP contribution in [0.3, 0.4) is 0 Å². The standard InChI is InChI=1S/C18H13Cl2N3OS/c1-11-16(25-18(22-11)12-6-3-2-4-7-12)17(24)23-21-10-13-14(19)8-5-9-15(13)20/h2-10H,1H3,(H,23,24)/b21-10+. The van der Waals surface area contributed by atoms with E-state index in [1.54, 1.807) is 25.1 Å². The van der Waals surface area contributed by atoms with Gasteiger partial charge in [0.25, 0.3) is 5.91 Å². The number of nitrogens with one attached hydrogen (secondary N) is 1. The van der Waals surface area contributed by atoms with Gasteiger partial charge in [0.2, 0.25) is 0 Å². The first-order chi connectivity index (χ1) is 12.1. The second kappa shape index (κ2) is 7.78. The molecule has 0 bridgehead atoms. The topological polar surface area (TPSA) is 54.4 Å². The molecule has 3 aromatic rings. The number of aryl methyl sites for hydroxylation is 1. The monoisotopic (exact) mass is 389 g/mol. The lowest BCUT2D eigenvalue weighted by molar-refractivity contribution is 0.0958. The summed E-state index contributed by atoms with van der Waals surface area (Å²) in [6.45, 7) is 1.80. The van der Waals surface area contributed by atoms with E-state index in [2.05, 4.69) is 15.5 Å². The lowest BCUT2D eigenvalue weighted by Crippen LogP contribution is -2.17. The molecular weight excluding hydrogens is 377 g/mol. The van der Waals surface area contributed by atoms with Gasteiger partial charge in [-0.25, -0.2) is 10.4 Å². The molecule has 0 saturated heterocycles. The van der Waals surface area contributed by atoms with Crippen LogP contribution in [0.5, 0.6) is 0 Å². The van der Waals surface area contributed by atoms with Gasteiger partial charge in [-0.3, -0.25) is 4.79 Å². The Morgan fingerprint density at radius 3 is 2.48 bits per heavy atom. The molecule has 3 rings (SSSR count). The van der Waals surface area contributed by atoms with Crippen LogP contribution in [0, 0.1) is 6.92 Å². The number of hydrazone groups is 1. The Hall–Kier alpha value is -2.21. The Bertz CT molecular complexity index is 918. The third-order valence-corrected chi connectivity index (χ3v) is 5.25. The van der Waals surface area contributed by atoms with E-state index in [0.29, 0.717) is 26.2 Å². The summed E-state index contributed by atoms with van der Waals surface area (Å²) in [5.41, 5.74) is 4.68. The zero-order chi connectivity index (χ0) is 17.8. The van der Waals surface area contributed by atoms with E-state index in [1.807, 2.05) is 30.3 Å². The highest BCUT2D eigenvalue weighted by atomic mass is 35.5. The smallest absolute Gasteiger partial charge is 0.266 e. The van der Waals surface area contributed by atoms with E-state index in [1.165, 1.54) is 17.6 Å². The first-order valence-electron chi connectivity index (χ1n) is 7.36. The number of thiazole rings is 1. The van der Waals surface area contributed by atoms with Crippen LogP contribution >= 0.6 is 34.5 Å². The molecule has 0 atom stereocenters. The van der Waals surface area contributed by atoms with Crippen LogP contribution in [0.25, 0.3) is 10.6 Å². The number of aromatic nitrogens is 1. The molecule has 0 saturated carbocycles. The van der Waals surface area contributed by atoms with Crippen LogP contribution in [0.15, 0.2) is 53.6 Å². The molecule has 1 aromatic heterocycles. The summed E-state index contributed by atoms with van der Waals surface area (Å²) in [4.78, 5) is 17.3. The summed E-state index contributed by atoms with van der Waals surface area (Å²) in [5, 5.41) is 5.67. The third kappa shape index (κ3) is 4.07. The van der Waals surface area contributed by atoms with Gasteiger partial charge in [0, 0.05) is 11.1 Å². The molecule has 2 aromatic carbocycles. The molecule has 0 unspecified atom stereocenters. The number of carbonyl (C=O) groups excluding carboxylic acids is 1. The first kappa shape index (κ1) is 17.6. The number of benzene rings is 2. The van der Waals surface area contributed by atoms with Gasteiger partial charge in [-0.2, -0.15) is 5.10 Å². The van der Waals surface area contributed by atoms with Crippen LogP contribution in [0.4, 0.5) is 0 Å². The van der Waals surface area contributed by atoms with Crippen LogP contribution in [-0.4, -0.2) is 17.1 Å². The van der Waals surface area contributed by atoms with E-state index >= 15 is 0 Å². The Kier molecular flexibility index (Phi) is 5.48. The molecule has 0 aliphatic carbocycles. The molecule has 0 aliphatic heterocycles. The fourth-order valence-electron chi connectivity index (χ4n) is 2.15. The van der Waals surface area contributed by atoms with Crippen LogP contribution in [-0.2, 0) is 0 Å². The summed E-state index contributed by atoms with van der Waals surface area (Å²) in [7, 11) is 0. The van der Waals surface area contributed by atoms with Crippen molar-refractivity contribution in [3.8, 4) is 10.6 Å². The molecule has 1 amide bonds. The van der Waals surface area contributed by atoms with Gasteiger partial charge in [-0.15, -0.1) is 11.3 Å². The fraction of sp³-hybridized carbons (Fsp3) is 0.0556. The van der Waals surface area contributed by atoms with Gasteiger partial charge in [0.15, 0.2) is 0 Å². The lowest BCUT2D eigenvalue weighted by Gasteiger charge is -2.01. The van der Waals surface area contributed by atoms with E-state index < -0.39 is 0 Å². The van der Waals surface area contributed by atoms with Crippen LogP contribution in [0.2, 0.25) is 10.0 Å². The summed E-state index contributed by atoms with van der Waals surface area (Å²) in [6, 6.07) is 14.9. The fourth-order valence-corrected chi connectivity index (χ4v) is 3.61. The van der Waals surface area contributed by atoms with Crippen molar-refractivity contribution in [1.29, 1.82) is 0 Å². The maximum atomic E-state index is 12.3. The van der Waals surface area contributed by atoms with Crippen molar-refractivity contribution in [1.82, 2.24) is 10.4 Å². The lowest BCUT2D eigenvalue weighted by atomic mass is 10.2.